The zero-order valence-corrected chi connectivity index (χ0v) is 6.73. The molecule has 0 aromatic carbocycles. The van der Waals surface area contributed by atoms with E-state index in [0.717, 1.165) is 0 Å². The zero-order valence-electron chi connectivity index (χ0n) is 5.91. The Hall–Kier alpha value is -0.500. The Labute approximate surface area is 65.2 Å². The lowest BCUT2D eigenvalue weighted by Crippen LogP contribution is -2.10. The van der Waals surface area contributed by atoms with E-state index in [2.05, 4.69) is 0 Å². The summed E-state index contributed by atoms with van der Waals surface area (Å²) in [6.45, 7) is 0. The van der Waals surface area contributed by atoms with Crippen LogP contribution in [0, 0.1) is 5.92 Å². The molecule has 1 nitrogen and oxygen atoms in total. The van der Waals surface area contributed by atoms with Gasteiger partial charge in [0.25, 0.3) is 0 Å². The van der Waals surface area contributed by atoms with Crippen molar-refractivity contribution >= 4 is 17.5 Å². The molecule has 0 saturated heterocycles. The van der Waals surface area contributed by atoms with Crippen LogP contribution in [0.4, 0.5) is 0 Å². The van der Waals surface area contributed by atoms with Gasteiger partial charge in [0.2, 0.25) is 0 Å². The maximum Gasteiger partial charge on any atom is 0.153 e. The van der Waals surface area contributed by atoms with Gasteiger partial charge in [0, 0.05) is 0 Å². The molecule has 1 aliphatic rings. The molecule has 10 heavy (non-hydrogen) atoms. The van der Waals surface area contributed by atoms with Crippen LogP contribution in [0.15, 0.2) is 24.3 Å². The van der Waals surface area contributed by atoms with E-state index in [-0.39, 0.29) is 5.92 Å². The number of hydrogen-bond acceptors (Lipinski definition) is 2. The van der Waals surface area contributed by atoms with Crippen molar-refractivity contribution in [2.24, 2.45) is 5.92 Å². The SMILES string of the molecule is CSCC(=O)C1C=CC=C1. The highest BCUT2D eigenvalue weighted by Gasteiger charge is 2.12. The van der Waals surface area contributed by atoms with Gasteiger partial charge in [-0.1, -0.05) is 24.3 Å². The molecule has 2 heteroatoms. The topological polar surface area (TPSA) is 17.1 Å². The van der Waals surface area contributed by atoms with Crippen LogP contribution in [-0.2, 0) is 4.79 Å². The maximum atomic E-state index is 11.1. The average Bonchev–Trinajstić information content (AvgIpc) is 2.38. The van der Waals surface area contributed by atoms with Crippen LogP contribution in [-0.4, -0.2) is 17.8 Å². The van der Waals surface area contributed by atoms with Crippen LogP contribution in [0.1, 0.15) is 0 Å². The molecule has 1 aliphatic carbocycles. The Kier molecular flexibility index (Phi) is 2.75. The molecule has 0 radical (unpaired) electrons. The molecular weight excluding hydrogens is 144 g/mol. The molecule has 0 aliphatic heterocycles. The van der Waals surface area contributed by atoms with E-state index < -0.39 is 0 Å². The Morgan fingerprint density at radius 2 is 2.10 bits per heavy atom. The molecule has 0 saturated carbocycles. The van der Waals surface area contributed by atoms with Gasteiger partial charge in [-0.25, -0.2) is 0 Å². The molecule has 0 spiro atoms. The van der Waals surface area contributed by atoms with Crippen molar-refractivity contribution in [1.29, 1.82) is 0 Å². The van der Waals surface area contributed by atoms with Crippen molar-refractivity contribution in [1.82, 2.24) is 0 Å². The number of hydrogen-bond donors (Lipinski definition) is 0. The highest BCUT2D eigenvalue weighted by molar-refractivity contribution is 7.99. The number of carbonyl (C=O) groups is 1. The molecule has 0 aromatic heterocycles. The van der Waals surface area contributed by atoms with Gasteiger partial charge in [0.15, 0.2) is 5.78 Å². The summed E-state index contributed by atoms with van der Waals surface area (Å²) in [4.78, 5) is 11.1. The van der Waals surface area contributed by atoms with Gasteiger partial charge in [-0.15, -0.1) is 0 Å². The first-order chi connectivity index (χ1) is 4.84. The van der Waals surface area contributed by atoms with E-state index in [4.69, 9.17) is 0 Å². The molecule has 0 amide bonds. The van der Waals surface area contributed by atoms with Crippen LogP contribution in [0.3, 0.4) is 0 Å². The lowest BCUT2D eigenvalue weighted by atomic mass is 10.1. The van der Waals surface area contributed by atoms with Gasteiger partial charge >= 0.3 is 0 Å². The van der Waals surface area contributed by atoms with Crippen molar-refractivity contribution in [2.45, 2.75) is 0 Å². The second kappa shape index (κ2) is 3.62. The Bertz CT molecular complexity index is 170. The summed E-state index contributed by atoms with van der Waals surface area (Å²) in [5, 5.41) is 0. The van der Waals surface area contributed by atoms with Gasteiger partial charge < -0.3 is 0 Å². The monoisotopic (exact) mass is 154 g/mol. The summed E-state index contributed by atoms with van der Waals surface area (Å²) >= 11 is 1.58. The van der Waals surface area contributed by atoms with Crippen molar-refractivity contribution in [3.63, 3.8) is 0 Å². The lowest BCUT2D eigenvalue weighted by Gasteiger charge is -2.00. The van der Waals surface area contributed by atoms with Crippen molar-refractivity contribution < 1.29 is 4.79 Å². The third-order valence-corrected chi connectivity index (χ3v) is 1.98. The molecular formula is C8H10OS. The molecule has 0 N–H and O–H groups in total. The first-order valence-corrected chi connectivity index (χ1v) is 4.60. The molecule has 0 bridgehead atoms. The van der Waals surface area contributed by atoms with Gasteiger partial charge in [0.1, 0.15) is 0 Å². The predicted molar refractivity (Wildman–Crippen MR) is 45.2 cm³/mol. The standard InChI is InChI=1S/C8H10OS/c1-10-6-8(9)7-4-2-3-5-7/h2-5,7H,6H2,1H3. The van der Waals surface area contributed by atoms with Crippen molar-refractivity contribution in [3.8, 4) is 0 Å². The maximum absolute atomic E-state index is 11.1. The first-order valence-electron chi connectivity index (χ1n) is 3.21. The number of Topliss-reactive ketones (excluding diaryl/α,β-unsaturated/α-hetero) is 1. The second-order valence-electron chi connectivity index (χ2n) is 2.19. The minimum atomic E-state index is 0.0625. The van der Waals surface area contributed by atoms with E-state index in [1.54, 1.807) is 11.8 Å². The number of rotatable bonds is 3. The van der Waals surface area contributed by atoms with E-state index in [0.29, 0.717) is 11.5 Å². The van der Waals surface area contributed by atoms with Gasteiger partial charge in [-0.3, -0.25) is 4.79 Å². The zero-order chi connectivity index (χ0) is 7.40. The number of thioether (sulfide) groups is 1. The Morgan fingerprint density at radius 3 is 2.60 bits per heavy atom. The predicted octanol–water partition coefficient (Wildman–Crippen LogP) is 1.66. The summed E-state index contributed by atoms with van der Waals surface area (Å²) in [6, 6.07) is 0. The van der Waals surface area contributed by atoms with Gasteiger partial charge in [-0.05, 0) is 6.26 Å². The third-order valence-electron chi connectivity index (χ3n) is 1.41. The van der Waals surface area contributed by atoms with Crippen LogP contribution >= 0.6 is 11.8 Å². The lowest BCUT2D eigenvalue weighted by molar-refractivity contribution is -0.117. The molecule has 0 atom stereocenters. The normalized spacial score (nSPS) is 16.5. The second-order valence-corrected chi connectivity index (χ2v) is 3.06. The number of allylic oxidation sites excluding steroid dienone is 4. The molecule has 54 valence electrons. The van der Waals surface area contributed by atoms with Crippen molar-refractivity contribution in [2.75, 3.05) is 12.0 Å². The smallest absolute Gasteiger partial charge is 0.153 e. The quantitative estimate of drug-likeness (QED) is 0.615. The number of carbonyl (C=O) groups excluding carboxylic acids is 1. The Morgan fingerprint density at radius 1 is 1.50 bits per heavy atom. The molecule has 0 aromatic rings. The van der Waals surface area contributed by atoms with Crippen LogP contribution < -0.4 is 0 Å². The summed E-state index contributed by atoms with van der Waals surface area (Å²) in [7, 11) is 0. The molecule has 0 heterocycles. The van der Waals surface area contributed by atoms with Crippen LogP contribution in [0.2, 0.25) is 0 Å². The fraction of sp³-hybridized carbons (Fsp3) is 0.375. The van der Waals surface area contributed by atoms with Crippen molar-refractivity contribution in [3.05, 3.63) is 24.3 Å². The fourth-order valence-electron chi connectivity index (χ4n) is 0.885. The molecule has 1 rings (SSSR count). The molecule has 0 fully saturated rings. The first kappa shape index (κ1) is 7.61. The summed E-state index contributed by atoms with van der Waals surface area (Å²) in [5.41, 5.74) is 0. The summed E-state index contributed by atoms with van der Waals surface area (Å²) < 4.78 is 0. The van der Waals surface area contributed by atoms with E-state index in [1.807, 2.05) is 30.6 Å². The van der Waals surface area contributed by atoms with Gasteiger partial charge in [-0.2, -0.15) is 11.8 Å². The highest BCUT2D eigenvalue weighted by atomic mass is 32.2. The minimum Gasteiger partial charge on any atom is -0.298 e. The minimum absolute atomic E-state index is 0.0625. The highest BCUT2D eigenvalue weighted by Crippen LogP contribution is 2.11. The fourth-order valence-corrected chi connectivity index (χ4v) is 1.36. The van der Waals surface area contributed by atoms with E-state index in [9.17, 15) is 4.79 Å². The Balaban J connectivity index is 2.42. The van der Waals surface area contributed by atoms with Crippen LogP contribution in [0.25, 0.3) is 0 Å². The third kappa shape index (κ3) is 1.74. The van der Waals surface area contributed by atoms with Crippen LogP contribution in [0.5, 0.6) is 0 Å². The van der Waals surface area contributed by atoms with Gasteiger partial charge in [0.05, 0.1) is 11.7 Å². The molecule has 0 unspecified atom stereocenters. The largest absolute Gasteiger partial charge is 0.298 e. The average molecular weight is 154 g/mol. The van der Waals surface area contributed by atoms with E-state index in [1.165, 1.54) is 0 Å². The summed E-state index contributed by atoms with van der Waals surface area (Å²) in [6.07, 6.45) is 9.64. The number of ketones is 1. The summed E-state index contributed by atoms with van der Waals surface area (Å²) in [5.74, 6) is 0.990. The van der Waals surface area contributed by atoms with E-state index >= 15 is 0 Å².